The minimum Gasteiger partial charge on any atom is -0.288 e. The Morgan fingerprint density at radius 3 is 2.12 bits per heavy atom. The summed E-state index contributed by atoms with van der Waals surface area (Å²) in [5, 5.41) is 0. The number of hydrogen-bond donors (Lipinski definition) is 0. The summed E-state index contributed by atoms with van der Waals surface area (Å²) in [6.07, 6.45) is 3.03. The highest BCUT2D eigenvalue weighted by molar-refractivity contribution is 6.59. The van der Waals surface area contributed by atoms with Gasteiger partial charge in [0, 0.05) is 11.1 Å². The summed E-state index contributed by atoms with van der Waals surface area (Å²) in [5.74, 6) is -1.59. The lowest BCUT2D eigenvalue weighted by atomic mass is 9.84. The molecule has 0 radical (unpaired) electrons. The second kappa shape index (κ2) is 4.45. The van der Waals surface area contributed by atoms with Gasteiger partial charge in [-0.3, -0.25) is 14.4 Å². The molecule has 0 amide bonds. The monoisotopic (exact) mass is 228 g/mol. The van der Waals surface area contributed by atoms with Gasteiger partial charge in [-0.2, -0.15) is 0 Å². The maximum Gasteiger partial charge on any atom is 0.237 e. The third kappa shape index (κ3) is 1.84. The van der Waals surface area contributed by atoms with E-state index in [9.17, 15) is 14.4 Å². The summed E-state index contributed by atoms with van der Waals surface area (Å²) in [7, 11) is 0. The van der Waals surface area contributed by atoms with Crippen molar-refractivity contribution in [3.63, 3.8) is 0 Å². The van der Waals surface area contributed by atoms with Crippen molar-refractivity contribution in [2.24, 2.45) is 0 Å². The van der Waals surface area contributed by atoms with Crippen LogP contribution in [0.1, 0.15) is 40.5 Å². The number of carbonyl (C=O) groups is 3. The van der Waals surface area contributed by atoms with E-state index in [0.717, 1.165) is 6.42 Å². The van der Waals surface area contributed by atoms with Gasteiger partial charge in [0.05, 0.1) is 5.57 Å². The Bertz CT molecular complexity index is 538. The molecule has 0 fully saturated rings. The molecule has 0 aliphatic heterocycles. The summed E-state index contributed by atoms with van der Waals surface area (Å²) in [5.41, 5.74) is 0.575. The number of carbonyl (C=O) groups excluding carboxylic acids is 3. The van der Waals surface area contributed by atoms with Crippen LogP contribution in [0.5, 0.6) is 0 Å². The van der Waals surface area contributed by atoms with Gasteiger partial charge in [0.1, 0.15) is 0 Å². The van der Waals surface area contributed by atoms with Gasteiger partial charge in [-0.1, -0.05) is 43.7 Å². The van der Waals surface area contributed by atoms with Crippen LogP contribution in [0.2, 0.25) is 0 Å². The first kappa shape index (κ1) is 11.5. The fraction of sp³-hybridized carbons (Fsp3) is 0.214. The highest BCUT2D eigenvalue weighted by atomic mass is 16.2. The molecule has 0 bridgehead atoms. The number of fused-ring (bicyclic) bond motifs is 1. The molecule has 0 N–H and O–H groups in total. The van der Waals surface area contributed by atoms with E-state index in [1.54, 1.807) is 24.3 Å². The summed E-state index contributed by atoms with van der Waals surface area (Å²) in [6.45, 7) is 1.95. The average molecular weight is 228 g/mol. The molecule has 1 aromatic carbocycles. The van der Waals surface area contributed by atoms with Crippen molar-refractivity contribution in [3.05, 3.63) is 47.0 Å². The molecule has 3 heteroatoms. The maximum atomic E-state index is 12.0. The summed E-state index contributed by atoms with van der Waals surface area (Å²) >= 11 is 0. The highest BCUT2D eigenvalue weighted by Crippen LogP contribution is 2.23. The number of benzene rings is 1. The van der Waals surface area contributed by atoms with Crippen molar-refractivity contribution in [2.45, 2.75) is 19.8 Å². The van der Waals surface area contributed by atoms with E-state index in [4.69, 9.17) is 0 Å². The van der Waals surface area contributed by atoms with Crippen molar-refractivity contribution < 1.29 is 14.4 Å². The molecule has 0 heterocycles. The first-order valence-electron chi connectivity index (χ1n) is 5.59. The van der Waals surface area contributed by atoms with E-state index in [-0.39, 0.29) is 16.9 Å². The minimum absolute atomic E-state index is 0.0237. The fourth-order valence-corrected chi connectivity index (χ4v) is 1.85. The molecular weight excluding hydrogens is 216 g/mol. The van der Waals surface area contributed by atoms with Crippen LogP contribution in [0, 0.1) is 0 Å². The van der Waals surface area contributed by atoms with Crippen LogP contribution in [0.15, 0.2) is 35.9 Å². The first-order chi connectivity index (χ1) is 8.16. The molecule has 0 saturated carbocycles. The van der Waals surface area contributed by atoms with Gasteiger partial charge in [-0.15, -0.1) is 0 Å². The second-order valence-electron chi connectivity index (χ2n) is 3.94. The molecule has 86 valence electrons. The van der Waals surface area contributed by atoms with Crippen LogP contribution >= 0.6 is 0 Å². The second-order valence-corrected chi connectivity index (χ2v) is 3.94. The lowest BCUT2D eigenvalue weighted by Gasteiger charge is -2.14. The van der Waals surface area contributed by atoms with Crippen molar-refractivity contribution in [1.82, 2.24) is 0 Å². The minimum atomic E-state index is -0.679. The van der Waals surface area contributed by atoms with E-state index in [1.807, 2.05) is 6.92 Å². The van der Waals surface area contributed by atoms with Gasteiger partial charge in [0.2, 0.25) is 11.6 Å². The quantitative estimate of drug-likeness (QED) is 0.443. The highest BCUT2D eigenvalue weighted by Gasteiger charge is 2.34. The van der Waals surface area contributed by atoms with E-state index in [1.165, 1.54) is 6.07 Å². The van der Waals surface area contributed by atoms with E-state index in [2.05, 4.69) is 0 Å². The van der Waals surface area contributed by atoms with E-state index >= 15 is 0 Å². The molecule has 0 spiro atoms. The smallest absolute Gasteiger partial charge is 0.237 e. The molecule has 0 saturated heterocycles. The first-order valence-corrected chi connectivity index (χ1v) is 5.59. The Labute approximate surface area is 99.1 Å². The Kier molecular flexibility index (Phi) is 3.00. The molecular formula is C14H12O3. The number of Topliss-reactive ketones (excluding diaryl/α,β-unsaturated/α-hetero) is 3. The molecule has 0 atom stereocenters. The Hall–Kier alpha value is -2.03. The maximum absolute atomic E-state index is 12.0. The Morgan fingerprint density at radius 1 is 0.941 bits per heavy atom. The van der Waals surface area contributed by atoms with Crippen molar-refractivity contribution >= 4 is 17.3 Å². The molecule has 1 aliphatic carbocycles. The van der Waals surface area contributed by atoms with Crippen LogP contribution in [0.4, 0.5) is 0 Å². The molecule has 1 aliphatic rings. The standard InChI is InChI=1S/C14H12O3/c1-2-3-6-11-12(15)9-7-4-5-8-10(9)13(16)14(11)17/h4-8H,2-3H2,1H3/b11-6+. The largest absolute Gasteiger partial charge is 0.288 e. The van der Waals surface area contributed by atoms with E-state index in [0.29, 0.717) is 12.0 Å². The number of hydrogen-bond acceptors (Lipinski definition) is 3. The van der Waals surface area contributed by atoms with Crippen molar-refractivity contribution in [1.29, 1.82) is 0 Å². The predicted molar refractivity (Wildman–Crippen MR) is 63.1 cm³/mol. The van der Waals surface area contributed by atoms with Crippen LogP contribution in [0.25, 0.3) is 0 Å². The average Bonchev–Trinajstić information content (AvgIpc) is 2.36. The van der Waals surface area contributed by atoms with Gasteiger partial charge in [-0.25, -0.2) is 0 Å². The van der Waals surface area contributed by atoms with Crippen LogP contribution in [0.3, 0.4) is 0 Å². The normalized spacial score (nSPS) is 17.5. The molecule has 0 unspecified atom stereocenters. The predicted octanol–water partition coefficient (Wildman–Crippen LogP) is 2.36. The lowest BCUT2D eigenvalue weighted by molar-refractivity contribution is -0.111. The summed E-state index contributed by atoms with van der Waals surface area (Å²) < 4.78 is 0. The Morgan fingerprint density at radius 2 is 1.53 bits per heavy atom. The van der Waals surface area contributed by atoms with Gasteiger partial charge < -0.3 is 0 Å². The lowest BCUT2D eigenvalue weighted by Crippen LogP contribution is -2.29. The van der Waals surface area contributed by atoms with Gasteiger partial charge in [-0.05, 0) is 6.42 Å². The van der Waals surface area contributed by atoms with Crippen molar-refractivity contribution in [2.75, 3.05) is 0 Å². The van der Waals surface area contributed by atoms with Crippen molar-refractivity contribution in [3.8, 4) is 0 Å². The number of ketones is 3. The van der Waals surface area contributed by atoms with Gasteiger partial charge >= 0.3 is 0 Å². The summed E-state index contributed by atoms with van der Waals surface area (Å²) in [4.78, 5) is 35.6. The third-order valence-corrected chi connectivity index (χ3v) is 2.75. The molecule has 17 heavy (non-hydrogen) atoms. The fourth-order valence-electron chi connectivity index (χ4n) is 1.85. The number of allylic oxidation sites excluding steroid dienone is 2. The molecule has 0 aromatic heterocycles. The molecule has 1 aromatic rings. The SMILES string of the molecule is CCC/C=C1/C(=O)C(=O)c2ccccc2C1=O. The van der Waals surface area contributed by atoms with Crippen LogP contribution in [-0.4, -0.2) is 17.3 Å². The number of unbranched alkanes of at least 4 members (excludes halogenated alkanes) is 1. The third-order valence-electron chi connectivity index (χ3n) is 2.75. The Balaban J connectivity index is 2.55. The molecule has 3 nitrogen and oxygen atoms in total. The molecule has 2 rings (SSSR count). The summed E-state index contributed by atoms with van der Waals surface area (Å²) in [6, 6.07) is 6.45. The van der Waals surface area contributed by atoms with Crippen LogP contribution < -0.4 is 0 Å². The van der Waals surface area contributed by atoms with Gasteiger partial charge in [0.15, 0.2) is 5.78 Å². The topological polar surface area (TPSA) is 51.2 Å². The van der Waals surface area contributed by atoms with E-state index < -0.39 is 11.6 Å². The van der Waals surface area contributed by atoms with Crippen LogP contribution in [-0.2, 0) is 4.79 Å². The number of rotatable bonds is 2. The zero-order valence-electron chi connectivity index (χ0n) is 9.53. The zero-order valence-corrected chi connectivity index (χ0v) is 9.53. The zero-order chi connectivity index (χ0) is 12.4. The van der Waals surface area contributed by atoms with Gasteiger partial charge in [0.25, 0.3) is 0 Å².